The molecule has 1 amide bonds. The predicted molar refractivity (Wildman–Crippen MR) is 111 cm³/mol. The second-order valence-corrected chi connectivity index (χ2v) is 8.58. The van der Waals surface area contributed by atoms with Crippen LogP contribution in [0.3, 0.4) is 0 Å². The molecule has 0 spiro atoms. The highest BCUT2D eigenvalue weighted by Gasteiger charge is 2.28. The molecule has 1 aliphatic rings. The van der Waals surface area contributed by atoms with Gasteiger partial charge in [0.15, 0.2) is 0 Å². The van der Waals surface area contributed by atoms with E-state index in [9.17, 15) is 9.18 Å². The minimum absolute atomic E-state index is 0.0978. The quantitative estimate of drug-likeness (QED) is 0.582. The van der Waals surface area contributed by atoms with Crippen molar-refractivity contribution in [1.82, 2.24) is 14.7 Å². The number of amides is 1. The SMILES string of the molecule is CC(C)(C)OC(=O)N1CCCC(n2cc3ccc(-c4ccccc4F)cc3n2)C1. The largest absolute Gasteiger partial charge is 0.444 e. The number of carbonyl (C=O) groups excluding carboxylic acids is 1. The van der Waals surface area contributed by atoms with Crippen molar-refractivity contribution < 1.29 is 13.9 Å². The highest BCUT2D eigenvalue weighted by atomic mass is 19.1. The number of aromatic nitrogens is 2. The Morgan fingerprint density at radius 3 is 2.76 bits per heavy atom. The number of hydrogen-bond donors (Lipinski definition) is 0. The van der Waals surface area contributed by atoms with E-state index in [1.807, 2.05) is 55.9 Å². The zero-order chi connectivity index (χ0) is 20.6. The summed E-state index contributed by atoms with van der Waals surface area (Å²) in [5, 5.41) is 5.74. The Labute approximate surface area is 170 Å². The smallest absolute Gasteiger partial charge is 0.410 e. The molecule has 0 aliphatic carbocycles. The maximum absolute atomic E-state index is 14.1. The van der Waals surface area contributed by atoms with Gasteiger partial charge in [-0.15, -0.1) is 0 Å². The lowest BCUT2D eigenvalue weighted by Gasteiger charge is -2.34. The summed E-state index contributed by atoms with van der Waals surface area (Å²) in [6.45, 7) is 6.89. The van der Waals surface area contributed by atoms with Gasteiger partial charge < -0.3 is 9.64 Å². The lowest BCUT2D eigenvalue weighted by atomic mass is 10.0. The van der Waals surface area contributed by atoms with E-state index >= 15 is 0 Å². The van der Waals surface area contributed by atoms with E-state index in [0.717, 1.165) is 29.3 Å². The number of carbonyl (C=O) groups is 1. The number of piperidine rings is 1. The molecule has 152 valence electrons. The summed E-state index contributed by atoms with van der Waals surface area (Å²) in [5.41, 5.74) is 1.69. The van der Waals surface area contributed by atoms with Crippen LogP contribution in [-0.4, -0.2) is 39.5 Å². The van der Waals surface area contributed by atoms with E-state index in [0.29, 0.717) is 18.7 Å². The summed E-state index contributed by atoms with van der Waals surface area (Å²) in [6.07, 6.45) is 3.58. The van der Waals surface area contributed by atoms with Gasteiger partial charge in [-0.05, 0) is 51.3 Å². The van der Waals surface area contributed by atoms with Crippen LogP contribution < -0.4 is 0 Å². The molecule has 0 radical (unpaired) electrons. The predicted octanol–water partition coefficient (Wildman–Crippen LogP) is 5.41. The van der Waals surface area contributed by atoms with Crippen LogP contribution in [0, 0.1) is 5.82 Å². The van der Waals surface area contributed by atoms with Crippen LogP contribution in [0.1, 0.15) is 39.7 Å². The summed E-state index contributed by atoms with van der Waals surface area (Å²) in [5.74, 6) is -0.244. The number of likely N-dealkylation sites (tertiary alicyclic amines) is 1. The molecule has 0 saturated carbocycles. The van der Waals surface area contributed by atoms with Crippen molar-refractivity contribution in [3.63, 3.8) is 0 Å². The first kappa shape index (κ1) is 19.4. The number of rotatable bonds is 2. The molecule has 29 heavy (non-hydrogen) atoms. The van der Waals surface area contributed by atoms with Gasteiger partial charge in [-0.2, -0.15) is 5.10 Å². The van der Waals surface area contributed by atoms with Gasteiger partial charge in [0.25, 0.3) is 0 Å². The Bertz CT molecular complexity index is 1040. The van der Waals surface area contributed by atoms with E-state index in [2.05, 4.69) is 0 Å². The number of benzene rings is 2. The van der Waals surface area contributed by atoms with Crippen LogP contribution in [0.5, 0.6) is 0 Å². The molecule has 3 aromatic rings. The maximum atomic E-state index is 14.1. The molecule has 1 atom stereocenters. The normalized spacial score (nSPS) is 17.5. The van der Waals surface area contributed by atoms with Crippen molar-refractivity contribution in [2.24, 2.45) is 0 Å². The minimum Gasteiger partial charge on any atom is -0.444 e. The number of hydrogen-bond acceptors (Lipinski definition) is 3. The monoisotopic (exact) mass is 395 g/mol. The summed E-state index contributed by atoms with van der Waals surface area (Å²) in [4.78, 5) is 14.2. The number of fused-ring (bicyclic) bond motifs is 1. The van der Waals surface area contributed by atoms with Gasteiger partial charge in [0.1, 0.15) is 11.4 Å². The standard InChI is InChI=1S/C23H26FN3O2/c1-23(2,3)29-22(28)26-12-6-7-18(15-26)27-14-17-11-10-16(13-21(17)25-27)19-8-4-5-9-20(19)24/h4-5,8-11,13-14,18H,6-7,12,15H2,1-3H3. The Morgan fingerprint density at radius 1 is 1.21 bits per heavy atom. The molecule has 1 unspecified atom stereocenters. The fourth-order valence-corrected chi connectivity index (χ4v) is 3.75. The van der Waals surface area contributed by atoms with E-state index in [1.165, 1.54) is 6.07 Å². The van der Waals surface area contributed by atoms with Crippen molar-refractivity contribution in [1.29, 1.82) is 0 Å². The molecule has 1 saturated heterocycles. The van der Waals surface area contributed by atoms with Gasteiger partial charge >= 0.3 is 6.09 Å². The van der Waals surface area contributed by atoms with Crippen molar-refractivity contribution in [3.05, 3.63) is 54.5 Å². The summed E-state index contributed by atoms with van der Waals surface area (Å²) in [7, 11) is 0. The molecule has 2 heterocycles. The lowest BCUT2D eigenvalue weighted by Crippen LogP contribution is -2.43. The Morgan fingerprint density at radius 2 is 2.00 bits per heavy atom. The zero-order valence-corrected chi connectivity index (χ0v) is 17.1. The van der Waals surface area contributed by atoms with Crippen LogP contribution >= 0.6 is 0 Å². The number of nitrogens with zero attached hydrogens (tertiary/aromatic N) is 3. The van der Waals surface area contributed by atoms with E-state index < -0.39 is 5.60 Å². The van der Waals surface area contributed by atoms with Crippen LogP contribution in [0.4, 0.5) is 9.18 Å². The van der Waals surface area contributed by atoms with Gasteiger partial charge in [-0.1, -0.05) is 30.3 Å². The van der Waals surface area contributed by atoms with E-state index in [4.69, 9.17) is 9.84 Å². The van der Waals surface area contributed by atoms with Crippen molar-refractivity contribution >= 4 is 17.0 Å². The van der Waals surface area contributed by atoms with Gasteiger partial charge in [0.2, 0.25) is 0 Å². The molecular formula is C23H26FN3O2. The van der Waals surface area contributed by atoms with Gasteiger partial charge in [-0.25, -0.2) is 9.18 Å². The minimum atomic E-state index is -0.506. The molecule has 5 nitrogen and oxygen atoms in total. The summed E-state index contributed by atoms with van der Waals surface area (Å²) < 4.78 is 21.6. The van der Waals surface area contributed by atoms with Crippen LogP contribution in [-0.2, 0) is 4.74 Å². The fourth-order valence-electron chi connectivity index (χ4n) is 3.75. The second kappa shape index (κ2) is 7.50. The molecule has 1 aliphatic heterocycles. The van der Waals surface area contributed by atoms with Gasteiger partial charge in [0.05, 0.1) is 11.6 Å². The highest BCUT2D eigenvalue weighted by molar-refractivity contribution is 5.84. The van der Waals surface area contributed by atoms with Crippen LogP contribution in [0.2, 0.25) is 0 Å². The first-order valence-corrected chi connectivity index (χ1v) is 10.0. The molecule has 0 N–H and O–H groups in total. The third-order valence-corrected chi connectivity index (χ3v) is 5.13. The molecular weight excluding hydrogens is 369 g/mol. The summed E-state index contributed by atoms with van der Waals surface area (Å²) >= 11 is 0. The third kappa shape index (κ3) is 4.26. The molecule has 1 aromatic heterocycles. The van der Waals surface area contributed by atoms with E-state index in [-0.39, 0.29) is 18.0 Å². The molecule has 2 aromatic carbocycles. The zero-order valence-electron chi connectivity index (χ0n) is 17.1. The maximum Gasteiger partial charge on any atom is 0.410 e. The second-order valence-electron chi connectivity index (χ2n) is 8.58. The first-order valence-electron chi connectivity index (χ1n) is 10.0. The fraction of sp³-hybridized carbons (Fsp3) is 0.391. The number of halogens is 1. The molecule has 0 bridgehead atoms. The Hall–Kier alpha value is -2.89. The van der Waals surface area contributed by atoms with Crippen molar-refractivity contribution in [2.75, 3.05) is 13.1 Å². The average molecular weight is 395 g/mol. The molecule has 6 heteroatoms. The first-order chi connectivity index (χ1) is 13.8. The van der Waals surface area contributed by atoms with E-state index in [1.54, 1.807) is 17.0 Å². The summed E-state index contributed by atoms with van der Waals surface area (Å²) in [6, 6.07) is 12.6. The molecule has 4 rings (SSSR count). The lowest BCUT2D eigenvalue weighted by molar-refractivity contribution is 0.0168. The van der Waals surface area contributed by atoms with Gasteiger partial charge in [0, 0.05) is 30.2 Å². The number of ether oxygens (including phenoxy) is 1. The van der Waals surface area contributed by atoms with Gasteiger partial charge in [-0.3, -0.25) is 4.68 Å². The molecule has 1 fully saturated rings. The van der Waals surface area contributed by atoms with Crippen LogP contribution in [0.15, 0.2) is 48.7 Å². The topological polar surface area (TPSA) is 47.4 Å². The Balaban J connectivity index is 1.56. The third-order valence-electron chi connectivity index (χ3n) is 5.13. The van der Waals surface area contributed by atoms with Crippen LogP contribution in [0.25, 0.3) is 22.0 Å². The van der Waals surface area contributed by atoms with Crippen molar-refractivity contribution in [2.45, 2.75) is 45.3 Å². The van der Waals surface area contributed by atoms with Crippen molar-refractivity contribution in [3.8, 4) is 11.1 Å². The highest BCUT2D eigenvalue weighted by Crippen LogP contribution is 2.28. The average Bonchev–Trinajstić information content (AvgIpc) is 3.10. The Kier molecular flexibility index (Phi) is 5.03.